The zero-order valence-corrected chi connectivity index (χ0v) is 10.6. The number of hydrogen-bond acceptors (Lipinski definition) is 4. The molecular formula is C12H14N2O2S. The van der Waals surface area contributed by atoms with Crippen LogP contribution in [0.25, 0.3) is 10.2 Å². The lowest BCUT2D eigenvalue weighted by molar-refractivity contribution is -0.136. The zero-order valence-electron chi connectivity index (χ0n) is 9.80. The van der Waals surface area contributed by atoms with Crippen molar-refractivity contribution in [2.75, 3.05) is 18.5 Å². The van der Waals surface area contributed by atoms with Gasteiger partial charge in [-0.3, -0.25) is 4.79 Å². The van der Waals surface area contributed by atoms with Crippen LogP contribution in [0, 0.1) is 6.92 Å². The number of anilines is 1. The van der Waals surface area contributed by atoms with E-state index >= 15 is 0 Å². The van der Waals surface area contributed by atoms with Gasteiger partial charge in [0.1, 0.15) is 0 Å². The highest BCUT2D eigenvalue weighted by Gasteiger charge is 2.10. The fourth-order valence-corrected chi connectivity index (χ4v) is 2.62. The fraction of sp³-hybridized carbons (Fsp3) is 0.333. The van der Waals surface area contributed by atoms with E-state index in [0.717, 1.165) is 10.6 Å². The lowest BCUT2D eigenvalue weighted by atomic mass is 10.2. The van der Waals surface area contributed by atoms with E-state index in [-0.39, 0.29) is 6.42 Å². The van der Waals surface area contributed by atoms with Crippen molar-refractivity contribution in [1.29, 1.82) is 0 Å². The standard InChI is InChI=1S/C12H14N2O2S/c1-8-4-3-5-9-11(8)17-12(13-9)14(2)7-6-10(15)16/h3-5H,6-7H2,1-2H3,(H,15,16). The number of carbonyl (C=O) groups is 1. The maximum atomic E-state index is 10.5. The van der Waals surface area contributed by atoms with Crippen molar-refractivity contribution in [1.82, 2.24) is 4.98 Å². The summed E-state index contributed by atoms with van der Waals surface area (Å²) in [5.74, 6) is -0.783. The molecule has 0 unspecified atom stereocenters. The second-order valence-corrected chi connectivity index (χ2v) is 4.96. The van der Waals surface area contributed by atoms with E-state index in [2.05, 4.69) is 18.0 Å². The molecule has 1 N–H and O–H groups in total. The Bertz CT molecular complexity index is 550. The van der Waals surface area contributed by atoms with E-state index in [1.165, 1.54) is 10.3 Å². The predicted molar refractivity (Wildman–Crippen MR) is 69.9 cm³/mol. The first-order chi connectivity index (χ1) is 8.08. The van der Waals surface area contributed by atoms with Crippen molar-refractivity contribution in [3.8, 4) is 0 Å². The van der Waals surface area contributed by atoms with Gasteiger partial charge in [-0.2, -0.15) is 0 Å². The number of rotatable bonds is 4. The van der Waals surface area contributed by atoms with Gasteiger partial charge in [-0.1, -0.05) is 23.5 Å². The molecule has 1 aromatic heterocycles. The molecule has 1 aromatic carbocycles. The number of hydrogen-bond donors (Lipinski definition) is 1. The maximum Gasteiger partial charge on any atom is 0.305 e. The second kappa shape index (κ2) is 4.71. The van der Waals surface area contributed by atoms with Crippen LogP contribution in [-0.4, -0.2) is 29.7 Å². The van der Waals surface area contributed by atoms with Gasteiger partial charge in [-0.25, -0.2) is 4.98 Å². The van der Waals surface area contributed by atoms with Gasteiger partial charge in [0.2, 0.25) is 0 Å². The Labute approximate surface area is 104 Å². The highest BCUT2D eigenvalue weighted by molar-refractivity contribution is 7.22. The fourth-order valence-electron chi connectivity index (χ4n) is 1.60. The first kappa shape index (κ1) is 11.9. The van der Waals surface area contributed by atoms with E-state index in [1.54, 1.807) is 11.3 Å². The number of carboxylic acid groups (broad SMARTS) is 1. The third-order valence-corrected chi connectivity index (χ3v) is 3.91. The van der Waals surface area contributed by atoms with Crippen molar-refractivity contribution in [2.45, 2.75) is 13.3 Å². The van der Waals surface area contributed by atoms with Crippen molar-refractivity contribution in [3.05, 3.63) is 23.8 Å². The average Bonchev–Trinajstić information content (AvgIpc) is 2.71. The largest absolute Gasteiger partial charge is 0.481 e. The number of benzene rings is 1. The van der Waals surface area contributed by atoms with E-state index in [1.807, 2.05) is 24.1 Å². The summed E-state index contributed by atoms with van der Waals surface area (Å²) in [6.07, 6.45) is 0.130. The third-order valence-electron chi connectivity index (χ3n) is 2.59. The van der Waals surface area contributed by atoms with Gasteiger partial charge in [-0.15, -0.1) is 0 Å². The molecule has 0 aliphatic rings. The second-order valence-electron chi connectivity index (χ2n) is 3.98. The summed E-state index contributed by atoms with van der Waals surface area (Å²) in [6.45, 7) is 2.54. The number of thiazole rings is 1. The van der Waals surface area contributed by atoms with Crippen LogP contribution in [0.3, 0.4) is 0 Å². The summed E-state index contributed by atoms with van der Waals surface area (Å²) in [5, 5.41) is 9.52. The molecule has 0 fully saturated rings. The molecular weight excluding hydrogens is 236 g/mol. The van der Waals surface area contributed by atoms with Gasteiger partial charge in [0.05, 0.1) is 16.6 Å². The topological polar surface area (TPSA) is 53.4 Å². The van der Waals surface area contributed by atoms with E-state index in [0.29, 0.717) is 6.54 Å². The Morgan fingerprint density at radius 3 is 2.94 bits per heavy atom. The van der Waals surface area contributed by atoms with Gasteiger partial charge in [-0.05, 0) is 18.6 Å². The van der Waals surface area contributed by atoms with Crippen LogP contribution in [0.1, 0.15) is 12.0 Å². The minimum absolute atomic E-state index is 0.130. The number of aliphatic carboxylic acids is 1. The van der Waals surface area contributed by atoms with Crippen LogP contribution in [0.4, 0.5) is 5.13 Å². The van der Waals surface area contributed by atoms with Crippen molar-refractivity contribution in [3.63, 3.8) is 0 Å². The van der Waals surface area contributed by atoms with Gasteiger partial charge >= 0.3 is 5.97 Å². The summed E-state index contributed by atoms with van der Waals surface area (Å²) in [4.78, 5) is 16.9. The van der Waals surface area contributed by atoms with Gasteiger partial charge in [0, 0.05) is 13.6 Å². The monoisotopic (exact) mass is 250 g/mol. The molecule has 0 spiro atoms. The highest BCUT2D eigenvalue weighted by Crippen LogP contribution is 2.30. The van der Waals surface area contributed by atoms with Crippen LogP contribution < -0.4 is 4.90 Å². The average molecular weight is 250 g/mol. The third kappa shape index (κ3) is 2.55. The predicted octanol–water partition coefficient (Wildman–Crippen LogP) is 2.52. The normalized spacial score (nSPS) is 10.7. The molecule has 0 saturated heterocycles. The summed E-state index contributed by atoms with van der Waals surface area (Å²) in [5.41, 5.74) is 2.19. The molecule has 4 nitrogen and oxygen atoms in total. The molecule has 17 heavy (non-hydrogen) atoms. The SMILES string of the molecule is Cc1cccc2nc(N(C)CCC(=O)O)sc12. The highest BCUT2D eigenvalue weighted by atomic mass is 32.1. The number of aromatic nitrogens is 1. The molecule has 0 aliphatic heterocycles. The smallest absolute Gasteiger partial charge is 0.305 e. The summed E-state index contributed by atoms with van der Waals surface area (Å²) in [6, 6.07) is 6.02. The summed E-state index contributed by atoms with van der Waals surface area (Å²) < 4.78 is 1.17. The Morgan fingerprint density at radius 1 is 1.53 bits per heavy atom. The Balaban J connectivity index is 2.24. The molecule has 0 atom stereocenters. The van der Waals surface area contributed by atoms with Gasteiger partial charge in [0.15, 0.2) is 5.13 Å². The molecule has 0 bridgehead atoms. The number of nitrogens with zero attached hydrogens (tertiary/aromatic N) is 2. The Kier molecular flexibility index (Phi) is 3.28. The lowest BCUT2D eigenvalue weighted by Gasteiger charge is -2.13. The molecule has 2 rings (SSSR count). The summed E-state index contributed by atoms with van der Waals surface area (Å²) >= 11 is 1.61. The van der Waals surface area contributed by atoms with E-state index < -0.39 is 5.97 Å². The van der Waals surface area contributed by atoms with Crippen LogP contribution in [0.5, 0.6) is 0 Å². The van der Waals surface area contributed by atoms with Crippen molar-refractivity contribution >= 4 is 32.7 Å². The Morgan fingerprint density at radius 2 is 2.29 bits per heavy atom. The molecule has 1 heterocycles. The quantitative estimate of drug-likeness (QED) is 0.906. The minimum Gasteiger partial charge on any atom is -0.481 e. The molecule has 0 aliphatic carbocycles. The number of aryl methyl sites for hydroxylation is 1. The molecule has 0 saturated carbocycles. The Hall–Kier alpha value is -1.62. The van der Waals surface area contributed by atoms with Gasteiger partial charge < -0.3 is 10.0 Å². The van der Waals surface area contributed by atoms with Crippen LogP contribution in [0.2, 0.25) is 0 Å². The molecule has 0 radical (unpaired) electrons. The molecule has 2 aromatic rings. The first-order valence-electron chi connectivity index (χ1n) is 5.37. The summed E-state index contributed by atoms with van der Waals surface area (Å²) in [7, 11) is 1.87. The van der Waals surface area contributed by atoms with Crippen molar-refractivity contribution < 1.29 is 9.90 Å². The van der Waals surface area contributed by atoms with Crippen LogP contribution >= 0.6 is 11.3 Å². The van der Waals surface area contributed by atoms with Crippen molar-refractivity contribution in [2.24, 2.45) is 0 Å². The molecule has 90 valence electrons. The maximum absolute atomic E-state index is 10.5. The lowest BCUT2D eigenvalue weighted by Crippen LogP contribution is -2.20. The zero-order chi connectivity index (χ0) is 12.4. The van der Waals surface area contributed by atoms with Gasteiger partial charge in [0.25, 0.3) is 0 Å². The van der Waals surface area contributed by atoms with Crippen LogP contribution in [-0.2, 0) is 4.79 Å². The molecule has 5 heteroatoms. The minimum atomic E-state index is -0.783. The van der Waals surface area contributed by atoms with E-state index in [4.69, 9.17) is 5.11 Å². The number of fused-ring (bicyclic) bond motifs is 1. The first-order valence-corrected chi connectivity index (χ1v) is 6.18. The molecule has 0 amide bonds. The van der Waals surface area contributed by atoms with E-state index in [9.17, 15) is 4.79 Å². The number of carboxylic acids is 1. The van der Waals surface area contributed by atoms with Crippen LogP contribution in [0.15, 0.2) is 18.2 Å².